The molecular weight excluding hydrogens is 238 g/mol. The van der Waals surface area contributed by atoms with Gasteiger partial charge in [-0.15, -0.1) is 0 Å². The van der Waals surface area contributed by atoms with Gasteiger partial charge < -0.3 is 16.4 Å². The largest absolute Gasteiger partial charge is 0.384 e. The highest BCUT2D eigenvalue weighted by molar-refractivity contribution is 5.83. The molecule has 0 amide bonds. The molecule has 1 aliphatic heterocycles. The Morgan fingerprint density at radius 1 is 1.00 bits per heavy atom. The van der Waals surface area contributed by atoms with E-state index in [9.17, 15) is 0 Å². The van der Waals surface area contributed by atoms with Crippen LogP contribution >= 0.6 is 0 Å². The minimum atomic E-state index is 0.438. The molecule has 0 aromatic carbocycles. The van der Waals surface area contributed by atoms with E-state index in [2.05, 4.69) is 14.9 Å². The predicted octanol–water partition coefficient (Wildman–Crippen LogP) is 1.91. The van der Waals surface area contributed by atoms with Crippen molar-refractivity contribution in [3.8, 4) is 11.1 Å². The highest BCUT2D eigenvalue weighted by atomic mass is 15.2. The fourth-order valence-electron chi connectivity index (χ4n) is 2.51. The maximum absolute atomic E-state index is 5.98. The fraction of sp³-hybridized carbons (Fsp3) is 0.286. The van der Waals surface area contributed by atoms with Crippen molar-refractivity contribution >= 4 is 17.5 Å². The Morgan fingerprint density at radius 3 is 2.53 bits per heavy atom. The van der Waals surface area contributed by atoms with Gasteiger partial charge in [0.15, 0.2) is 0 Å². The van der Waals surface area contributed by atoms with E-state index in [1.54, 1.807) is 6.07 Å². The molecule has 0 saturated carbocycles. The van der Waals surface area contributed by atoms with Crippen LogP contribution in [0.4, 0.5) is 17.5 Å². The van der Waals surface area contributed by atoms with Crippen molar-refractivity contribution in [3.63, 3.8) is 0 Å². The summed E-state index contributed by atoms with van der Waals surface area (Å²) in [5.41, 5.74) is 13.5. The Labute approximate surface area is 112 Å². The standard InChI is InChI=1S/C14H17N5/c15-12-6-5-10(13(16)18-12)11-4-3-7-17-14(11)19-8-1-2-9-19/h3-7H,1-2,8-9H2,(H4,15,16,18). The van der Waals surface area contributed by atoms with Crippen LogP contribution in [0.15, 0.2) is 30.5 Å². The van der Waals surface area contributed by atoms with Gasteiger partial charge in [-0.2, -0.15) is 0 Å². The first kappa shape index (κ1) is 11.8. The minimum Gasteiger partial charge on any atom is -0.384 e. The van der Waals surface area contributed by atoms with E-state index in [1.807, 2.05) is 24.4 Å². The first-order valence-electron chi connectivity index (χ1n) is 6.48. The summed E-state index contributed by atoms with van der Waals surface area (Å²) in [5, 5.41) is 0. The van der Waals surface area contributed by atoms with Crippen molar-refractivity contribution < 1.29 is 0 Å². The van der Waals surface area contributed by atoms with Gasteiger partial charge >= 0.3 is 0 Å². The molecular formula is C14H17N5. The molecule has 0 spiro atoms. The van der Waals surface area contributed by atoms with Gasteiger partial charge in [-0.1, -0.05) is 0 Å². The summed E-state index contributed by atoms with van der Waals surface area (Å²) in [6, 6.07) is 7.63. The van der Waals surface area contributed by atoms with E-state index in [1.165, 1.54) is 12.8 Å². The fourth-order valence-corrected chi connectivity index (χ4v) is 2.51. The van der Waals surface area contributed by atoms with Gasteiger partial charge in [0.1, 0.15) is 17.5 Å². The van der Waals surface area contributed by atoms with Gasteiger partial charge in [0.25, 0.3) is 0 Å². The topological polar surface area (TPSA) is 81.1 Å². The second kappa shape index (κ2) is 4.76. The zero-order valence-corrected chi connectivity index (χ0v) is 10.7. The number of aromatic nitrogens is 2. The zero-order valence-electron chi connectivity index (χ0n) is 10.7. The van der Waals surface area contributed by atoms with Crippen LogP contribution in [0.2, 0.25) is 0 Å². The van der Waals surface area contributed by atoms with E-state index in [4.69, 9.17) is 11.5 Å². The average molecular weight is 255 g/mol. The van der Waals surface area contributed by atoms with Crippen LogP contribution < -0.4 is 16.4 Å². The summed E-state index contributed by atoms with van der Waals surface area (Å²) >= 11 is 0. The number of nitrogen functional groups attached to an aromatic ring is 2. The molecule has 0 unspecified atom stereocenters. The third-order valence-corrected chi connectivity index (χ3v) is 3.43. The van der Waals surface area contributed by atoms with Gasteiger partial charge in [-0.05, 0) is 37.1 Å². The Bertz CT molecular complexity index is 590. The van der Waals surface area contributed by atoms with Crippen molar-refractivity contribution in [2.75, 3.05) is 29.5 Å². The van der Waals surface area contributed by atoms with Crippen molar-refractivity contribution in [2.24, 2.45) is 0 Å². The Morgan fingerprint density at radius 2 is 1.79 bits per heavy atom. The second-order valence-electron chi connectivity index (χ2n) is 4.74. The lowest BCUT2D eigenvalue weighted by molar-refractivity contribution is 0.939. The first-order valence-corrected chi connectivity index (χ1v) is 6.48. The number of nitrogens with zero attached hydrogens (tertiary/aromatic N) is 3. The molecule has 0 radical (unpaired) electrons. The Kier molecular flexibility index (Phi) is 2.95. The quantitative estimate of drug-likeness (QED) is 0.856. The van der Waals surface area contributed by atoms with Gasteiger partial charge in [0.2, 0.25) is 0 Å². The molecule has 1 fully saturated rings. The second-order valence-corrected chi connectivity index (χ2v) is 4.74. The molecule has 19 heavy (non-hydrogen) atoms. The predicted molar refractivity (Wildman–Crippen MR) is 77.7 cm³/mol. The normalized spacial score (nSPS) is 14.8. The van der Waals surface area contributed by atoms with Crippen molar-refractivity contribution in [1.29, 1.82) is 0 Å². The molecule has 0 atom stereocenters. The van der Waals surface area contributed by atoms with Gasteiger partial charge in [0.05, 0.1) is 0 Å². The molecule has 2 aromatic heterocycles. The van der Waals surface area contributed by atoms with Crippen molar-refractivity contribution in [2.45, 2.75) is 12.8 Å². The molecule has 3 rings (SSSR count). The maximum Gasteiger partial charge on any atom is 0.136 e. The molecule has 1 saturated heterocycles. The highest BCUT2D eigenvalue weighted by Crippen LogP contribution is 2.33. The lowest BCUT2D eigenvalue weighted by Gasteiger charge is -2.20. The molecule has 0 bridgehead atoms. The van der Waals surface area contributed by atoms with E-state index in [0.717, 1.165) is 30.0 Å². The molecule has 3 heterocycles. The van der Waals surface area contributed by atoms with Gasteiger partial charge in [-0.3, -0.25) is 0 Å². The summed E-state index contributed by atoms with van der Waals surface area (Å²) in [7, 11) is 0. The summed E-state index contributed by atoms with van der Waals surface area (Å²) in [4.78, 5) is 10.9. The summed E-state index contributed by atoms with van der Waals surface area (Å²) in [5.74, 6) is 1.87. The van der Waals surface area contributed by atoms with Gasteiger partial charge in [0, 0.05) is 30.4 Å². The molecule has 2 aromatic rings. The van der Waals surface area contributed by atoms with Crippen LogP contribution in [0, 0.1) is 0 Å². The lowest BCUT2D eigenvalue weighted by atomic mass is 10.1. The third kappa shape index (κ3) is 2.19. The Balaban J connectivity index is 2.09. The Hall–Kier alpha value is -2.30. The number of pyridine rings is 2. The molecule has 98 valence electrons. The average Bonchev–Trinajstić information content (AvgIpc) is 2.93. The van der Waals surface area contributed by atoms with Crippen LogP contribution in [-0.4, -0.2) is 23.1 Å². The van der Waals surface area contributed by atoms with Crippen molar-refractivity contribution in [3.05, 3.63) is 30.5 Å². The first-order chi connectivity index (χ1) is 9.25. The SMILES string of the molecule is Nc1ccc(-c2cccnc2N2CCCC2)c(N)n1. The van der Waals surface area contributed by atoms with Crippen LogP contribution in [0.5, 0.6) is 0 Å². The molecule has 5 heteroatoms. The third-order valence-electron chi connectivity index (χ3n) is 3.43. The minimum absolute atomic E-state index is 0.438. The van der Waals surface area contributed by atoms with E-state index in [-0.39, 0.29) is 0 Å². The smallest absolute Gasteiger partial charge is 0.136 e. The number of rotatable bonds is 2. The summed E-state index contributed by atoms with van der Waals surface area (Å²) in [6.07, 6.45) is 4.25. The highest BCUT2D eigenvalue weighted by Gasteiger charge is 2.18. The molecule has 1 aliphatic rings. The zero-order chi connectivity index (χ0) is 13.2. The molecule has 0 aliphatic carbocycles. The van der Waals surface area contributed by atoms with E-state index >= 15 is 0 Å². The number of nitrogens with two attached hydrogens (primary N) is 2. The monoisotopic (exact) mass is 255 g/mol. The van der Waals surface area contributed by atoms with Crippen molar-refractivity contribution in [1.82, 2.24) is 9.97 Å². The summed E-state index contributed by atoms with van der Waals surface area (Å²) in [6.45, 7) is 2.10. The van der Waals surface area contributed by atoms with Crippen LogP contribution in [-0.2, 0) is 0 Å². The van der Waals surface area contributed by atoms with Crippen LogP contribution in [0.3, 0.4) is 0 Å². The lowest BCUT2D eigenvalue weighted by Crippen LogP contribution is -2.19. The van der Waals surface area contributed by atoms with Gasteiger partial charge in [-0.25, -0.2) is 9.97 Å². The molecule has 4 N–H and O–H groups in total. The van der Waals surface area contributed by atoms with E-state index < -0.39 is 0 Å². The summed E-state index contributed by atoms with van der Waals surface area (Å²) < 4.78 is 0. The van der Waals surface area contributed by atoms with Crippen LogP contribution in [0.25, 0.3) is 11.1 Å². The maximum atomic E-state index is 5.98. The molecule has 5 nitrogen and oxygen atoms in total. The van der Waals surface area contributed by atoms with Crippen LogP contribution in [0.1, 0.15) is 12.8 Å². The van der Waals surface area contributed by atoms with E-state index in [0.29, 0.717) is 11.6 Å². The number of hydrogen-bond donors (Lipinski definition) is 2. The number of anilines is 3. The number of hydrogen-bond acceptors (Lipinski definition) is 5.